The maximum absolute atomic E-state index is 11.7. The van der Waals surface area contributed by atoms with Gasteiger partial charge in [-0.2, -0.15) is 4.39 Å². The molecule has 9 heavy (non-hydrogen) atoms. The molecule has 1 aromatic rings. The summed E-state index contributed by atoms with van der Waals surface area (Å²) < 4.78 is 15.7. The summed E-state index contributed by atoms with van der Waals surface area (Å²) in [6.45, 7) is 5.66. The van der Waals surface area contributed by atoms with Crippen LogP contribution < -0.4 is 0 Å². The van der Waals surface area contributed by atoms with Crippen LogP contribution in [0.5, 0.6) is 0 Å². The zero-order valence-electron chi connectivity index (χ0n) is 5.81. The van der Waals surface area contributed by atoms with E-state index in [-0.39, 0.29) is 0 Å². The largest absolute Gasteiger partial charge is 0.326 e. The highest BCUT2D eigenvalue weighted by atomic mass is 19.1. The molecule has 1 aromatic heterocycles. The highest BCUT2D eigenvalue weighted by Crippen LogP contribution is 1.96. The monoisotopic (exact) mass is 131 g/mol. The van der Waals surface area contributed by atoms with E-state index in [4.69, 9.17) is 0 Å². The zero-order chi connectivity index (χ0) is 7.28. The Morgan fingerprint density at radius 3 is 2.22 bits per heavy atom. The third-order valence-electron chi connectivity index (χ3n) is 0.599. The number of hydrogen-bond acceptors (Lipinski definition) is 2. The third kappa shape index (κ3) is 2.85. The lowest BCUT2D eigenvalue weighted by atomic mass is 10.5. The summed E-state index contributed by atoms with van der Waals surface area (Å²) in [6, 6.07) is 0.595. The van der Waals surface area contributed by atoms with E-state index < -0.39 is 6.01 Å². The summed E-state index contributed by atoms with van der Waals surface area (Å²) in [6.07, 6.45) is 0. The molecule has 2 nitrogen and oxygen atoms in total. The molecule has 0 atom stereocenters. The molecule has 0 saturated heterocycles. The SMILES string of the molecule is CC.Cc1cc(F)on1. The van der Waals surface area contributed by atoms with Crippen LogP contribution in [0.15, 0.2) is 10.6 Å². The molecule has 0 amide bonds. The Kier molecular flexibility index (Phi) is 3.67. The van der Waals surface area contributed by atoms with Crippen LogP contribution in [0.3, 0.4) is 0 Å². The average Bonchev–Trinajstić information content (AvgIpc) is 2.20. The van der Waals surface area contributed by atoms with Crippen molar-refractivity contribution < 1.29 is 8.91 Å². The van der Waals surface area contributed by atoms with Crippen molar-refractivity contribution in [2.75, 3.05) is 0 Å². The second-order valence-electron chi connectivity index (χ2n) is 1.27. The van der Waals surface area contributed by atoms with Crippen molar-refractivity contribution in [1.29, 1.82) is 0 Å². The maximum Gasteiger partial charge on any atom is 0.306 e. The molecule has 0 bridgehead atoms. The molecule has 0 aliphatic rings. The standard InChI is InChI=1S/C4H4FNO.C2H6/c1-3-2-4(5)7-6-3;1-2/h2H,1H3;1-2H3. The van der Waals surface area contributed by atoms with Crippen molar-refractivity contribution in [3.8, 4) is 0 Å². The molecule has 0 spiro atoms. The molecule has 3 heteroatoms. The van der Waals surface area contributed by atoms with Crippen LogP contribution in [0.1, 0.15) is 19.5 Å². The molecule has 0 fully saturated rings. The quantitative estimate of drug-likeness (QED) is 0.539. The molecular formula is C6H10FNO. The average molecular weight is 131 g/mol. The summed E-state index contributed by atoms with van der Waals surface area (Å²) in [5, 5.41) is 3.27. The number of rotatable bonds is 0. The van der Waals surface area contributed by atoms with E-state index in [9.17, 15) is 4.39 Å². The molecule has 1 rings (SSSR count). The van der Waals surface area contributed by atoms with Gasteiger partial charge in [0, 0.05) is 6.07 Å². The molecule has 0 aliphatic carbocycles. The fourth-order valence-corrected chi connectivity index (χ4v) is 0.333. The number of hydrogen-bond donors (Lipinski definition) is 0. The molecule has 0 radical (unpaired) electrons. The zero-order valence-corrected chi connectivity index (χ0v) is 5.81. The minimum atomic E-state index is -0.627. The van der Waals surface area contributed by atoms with Gasteiger partial charge in [0.15, 0.2) is 0 Å². The highest BCUT2D eigenvalue weighted by Gasteiger charge is 1.92. The van der Waals surface area contributed by atoms with Gasteiger partial charge < -0.3 is 4.52 Å². The Balaban J connectivity index is 0.000000291. The van der Waals surface area contributed by atoms with E-state index in [2.05, 4.69) is 9.68 Å². The van der Waals surface area contributed by atoms with E-state index in [1.807, 2.05) is 13.8 Å². The summed E-state index contributed by atoms with van der Waals surface area (Å²) in [7, 11) is 0. The van der Waals surface area contributed by atoms with Gasteiger partial charge in [0.05, 0.1) is 5.69 Å². The lowest BCUT2D eigenvalue weighted by Gasteiger charge is -1.61. The van der Waals surface area contributed by atoms with Crippen molar-refractivity contribution in [1.82, 2.24) is 5.16 Å². The Hall–Kier alpha value is -0.860. The van der Waals surface area contributed by atoms with Gasteiger partial charge >= 0.3 is 6.01 Å². The normalized spacial score (nSPS) is 8.00. The van der Waals surface area contributed by atoms with Crippen molar-refractivity contribution in [2.45, 2.75) is 20.8 Å². The minimum absolute atomic E-state index is 0.567. The van der Waals surface area contributed by atoms with E-state index >= 15 is 0 Å². The number of aromatic nitrogens is 1. The van der Waals surface area contributed by atoms with Gasteiger partial charge in [-0.25, -0.2) is 0 Å². The fraction of sp³-hybridized carbons (Fsp3) is 0.500. The molecule has 0 aliphatic heterocycles. The molecule has 1 heterocycles. The number of nitrogens with zero attached hydrogens (tertiary/aromatic N) is 1. The molecular weight excluding hydrogens is 121 g/mol. The van der Waals surface area contributed by atoms with Crippen LogP contribution in [0, 0.1) is 12.9 Å². The van der Waals surface area contributed by atoms with Crippen LogP contribution in [0.2, 0.25) is 0 Å². The predicted molar refractivity (Wildman–Crippen MR) is 32.5 cm³/mol. The lowest BCUT2D eigenvalue weighted by molar-refractivity contribution is 0.280. The van der Waals surface area contributed by atoms with Gasteiger partial charge in [0.2, 0.25) is 0 Å². The fourth-order valence-electron chi connectivity index (χ4n) is 0.333. The first-order valence-electron chi connectivity index (χ1n) is 2.88. The van der Waals surface area contributed by atoms with Crippen molar-refractivity contribution >= 4 is 0 Å². The van der Waals surface area contributed by atoms with Gasteiger partial charge in [0.1, 0.15) is 0 Å². The summed E-state index contributed by atoms with van der Waals surface area (Å²) in [5.41, 5.74) is 0.567. The number of aryl methyl sites for hydroxylation is 1. The second kappa shape index (κ2) is 4.06. The Morgan fingerprint density at radius 2 is 2.11 bits per heavy atom. The first-order valence-corrected chi connectivity index (χ1v) is 2.88. The third-order valence-corrected chi connectivity index (χ3v) is 0.599. The van der Waals surface area contributed by atoms with Crippen LogP contribution in [0.4, 0.5) is 4.39 Å². The maximum atomic E-state index is 11.7. The van der Waals surface area contributed by atoms with E-state index in [0.717, 1.165) is 0 Å². The van der Waals surface area contributed by atoms with Crippen LogP contribution in [0.25, 0.3) is 0 Å². The van der Waals surface area contributed by atoms with E-state index in [1.54, 1.807) is 6.92 Å². The number of halogens is 1. The summed E-state index contributed by atoms with van der Waals surface area (Å²) in [4.78, 5) is 0. The van der Waals surface area contributed by atoms with E-state index in [0.29, 0.717) is 5.69 Å². The molecule has 0 unspecified atom stereocenters. The second-order valence-corrected chi connectivity index (χ2v) is 1.27. The van der Waals surface area contributed by atoms with Gasteiger partial charge in [0.25, 0.3) is 0 Å². The van der Waals surface area contributed by atoms with Crippen LogP contribution in [-0.2, 0) is 0 Å². The Bertz CT molecular complexity index is 145. The smallest absolute Gasteiger partial charge is 0.306 e. The van der Waals surface area contributed by atoms with Gasteiger partial charge in [-0.3, -0.25) is 0 Å². The summed E-state index contributed by atoms with van der Waals surface area (Å²) in [5.74, 6) is 0. The molecule has 0 aromatic carbocycles. The van der Waals surface area contributed by atoms with Crippen molar-refractivity contribution in [2.24, 2.45) is 0 Å². The van der Waals surface area contributed by atoms with Gasteiger partial charge in [-0.05, 0) is 6.92 Å². The Labute approximate surface area is 53.7 Å². The molecule has 0 saturated carbocycles. The summed E-state index contributed by atoms with van der Waals surface area (Å²) >= 11 is 0. The van der Waals surface area contributed by atoms with Crippen molar-refractivity contribution in [3.05, 3.63) is 17.8 Å². The van der Waals surface area contributed by atoms with Gasteiger partial charge in [-0.1, -0.05) is 19.0 Å². The minimum Gasteiger partial charge on any atom is -0.326 e. The highest BCUT2D eigenvalue weighted by molar-refractivity contribution is 4.91. The van der Waals surface area contributed by atoms with Gasteiger partial charge in [-0.15, -0.1) is 0 Å². The Morgan fingerprint density at radius 1 is 1.56 bits per heavy atom. The first-order chi connectivity index (χ1) is 4.29. The predicted octanol–water partition coefficient (Wildman–Crippen LogP) is 2.15. The first kappa shape index (κ1) is 8.14. The molecule has 52 valence electrons. The van der Waals surface area contributed by atoms with Crippen LogP contribution in [-0.4, -0.2) is 5.16 Å². The molecule has 0 N–H and O–H groups in total. The van der Waals surface area contributed by atoms with Crippen molar-refractivity contribution in [3.63, 3.8) is 0 Å². The lowest BCUT2D eigenvalue weighted by Crippen LogP contribution is -1.59. The topological polar surface area (TPSA) is 26.0 Å². The van der Waals surface area contributed by atoms with E-state index in [1.165, 1.54) is 6.07 Å². The van der Waals surface area contributed by atoms with Crippen LogP contribution >= 0.6 is 0 Å².